The Kier molecular flexibility index (Phi) is 2.77. The van der Waals surface area contributed by atoms with Gasteiger partial charge in [-0.25, -0.2) is 0 Å². The summed E-state index contributed by atoms with van der Waals surface area (Å²) in [6, 6.07) is 0. The molecule has 5 N–H and O–H groups in total. The number of quaternary nitrogens is 1. The third-order valence-electron chi connectivity index (χ3n) is 4.59. The molecule has 3 atom stereocenters. The van der Waals surface area contributed by atoms with Gasteiger partial charge < -0.3 is 10.4 Å². The summed E-state index contributed by atoms with van der Waals surface area (Å²) < 4.78 is 0. The van der Waals surface area contributed by atoms with Crippen molar-refractivity contribution in [2.24, 2.45) is 17.3 Å². The molecule has 1 fully saturated rings. The maximum Gasteiger partial charge on any atom is 0.136 e. The molecular weight excluding hydrogens is 204 g/mol. The van der Waals surface area contributed by atoms with Crippen molar-refractivity contribution in [3.63, 3.8) is 0 Å². The van der Waals surface area contributed by atoms with E-state index >= 15 is 0 Å². The Labute approximate surface area is 96.7 Å². The van der Waals surface area contributed by atoms with Gasteiger partial charge in [-0.15, -0.1) is 0 Å². The first-order valence-corrected chi connectivity index (χ1v) is 6.03. The first kappa shape index (κ1) is 11.9. The summed E-state index contributed by atoms with van der Waals surface area (Å²) in [6.45, 7) is 7.54. The average Bonchev–Trinajstić information content (AvgIpc) is 2.76. The Morgan fingerprint density at radius 3 is 2.75 bits per heavy atom. The predicted octanol–water partition coefficient (Wildman–Crippen LogP) is -0.161. The van der Waals surface area contributed by atoms with E-state index in [2.05, 4.69) is 37.6 Å². The maximum atomic E-state index is 9.23. The van der Waals surface area contributed by atoms with Gasteiger partial charge in [0.25, 0.3) is 0 Å². The van der Waals surface area contributed by atoms with E-state index in [1.165, 1.54) is 0 Å². The summed E-state index contributed by atoms with van der Waals surface area (Å²) in [5, 5.41) is 20.3. The molecule has 0 heterocycles. The second kappa shape index (κ2) is 3.72. The molecule has 1 saturated carbocycles. The van der Waals surface area contributed by atoms with Crippen molar-refractivity contribution < 1.29 is 15.6 Å². The van der Waals surface area contributed by atoms with Gasteiger partial charge in [-0.3, -0.25) is 10.7 Å². The van der Waals surface area contributed by atoms with E-state index in [-0.39, 0.29) is 12.1 Å². The van der Waals surface area contributed by atoms with Crippen molar-refractivity contribution in [2.75, 3.05) is 13.2 Å². The van der Waals surface area contributed by atoms with Gasteiger partial charge in [0.1, 0.15) is 5.54 Å². The molecule has 0 bridgehead atoms. The molecule has 0 aliphatic heterocycles. The highest BCUT2D eigenvalue weighted by Gasteiger charge is 2.62. The average molecular weight is 227 g/mol. The Bertz CT molecular complexity index is 314. The van der Waals surface area contributed by atoms with Crippen molar-refractivity contribution >= 4 is 0 Å². The molecule has 2 rings (SSSR count). The lowest BCUT2D eigenvalue weighted by Crippen LogP contribution is -2.98. The number of rotatable bonds is 4. The fourth-order valence-corrected chi connectivity index (χ4v) is 3.19. The fourth-order valence-electron chi connectivity index (χ4n) is 3.19. The minimum atomic E-state index is -0.119. The number of hydroxylamine groups is 1. The number of allylic oxidation sites excluding steroid dienone is 1. The molecule has 0 radical (unpaired) electrons. The number of aliphatic hydroxyl groups is 1. The minimum absolute atomic E-state index is 0.119. The highest BCUT2D eigenvalue weighted by Crippen LogP contribution is 2.64. The van der Waals surface area contributed by atoms with Gasteiger partial charge in [0.05, 0.1) is 18.8 Å². The van der Waals surface area contributed by atoms with Gasteiger partial charge in [0.2, 0.25) is 0 Å². The van der Waals surface area contributed by atoms with Gasteiger partial charge in [-0.1, -0.05) is 19.9 Å². The maximum absolute atomic E-state index is 9.23. The number of hydrogen-bond acceptors (Lipinski definition) is 3. The smallest absolute Gasteiger partial charge is 0.136 e. The molecule has 4 heteroatoms. The van der Waals surface area contributed by atoms with Crippen LogP contribution < -0.4 is 10.8 Å². The number of hydrogen-bond donors (Lipinski definition) is 4. The van der Waals surface area contributed by atoms with E-state index in [0.717, 1.165) is 12.1 Å². The van der Waals surface area contributed by atoms with Crippen LogP contribution >= 0.6 is 0 Å². The van der Waals surface area contributed by atoms with E-state index in [1.54, 1.807) is 0 Å². The van der Waals surface area contributed by atoms with E-state index in [4.69, 9.17) is 5.11 Å². The zero-order valence-corrected chi connectivity index (χ0v) is 10.3. The Hall–Kier alpha value is -0.580. The Morgan fingerprint density at radius 2 is 2.19 bits per heavy atom. The fraction of sp³-hybridized carbons (Fsp3) is 0.833. The molecule has 16 heavy (non-hydrogen) atoms. The third-order valence-corrected chi connectivity index (χ3v) is 4.59. The minimum Gasteiger partial charge on any atom is -0.391 e. The molecule has 0 saturated heterocycles. The summed E-state index contributed by atoms with van der Waals surface area (Å²) in [5.41, 5.74) is 3.49. The molecule has 2 aliphatic rings. The van der Waals surface area contributed by atoms with Crippen LogP contribution in [0.2, 0.25) is 0 Å². The second-order valence-electron chi connectivity index (χ2n) is 5.98. The topological polar surface area (TPSA) is 69.1 Å². The number of aliphatic hydroxyl groups excluding tert-OH is 1. The van der Waals surface area contributed by atoms with E-state index < -0.39 is 0 Å². The lowest BCUT2D eigenvalue weighted by Gasteiger charge is -2.31. The van der Waals surface area contributed by atoms with Gasteiger partial charge in [-0.2, -0.15) is 0 Å². The summed E-state index contributed by atoms with van der Waals surface area (Å²) in [5.74, 6) is 1.31. The monoisotopic (exact) mass is 227 g/mol. The molecule has 2 aliphatic carbocycles. The summed E-state index contributed by atoms with van der Waals surface area (Å²) in [7, 11) is 0. The quantitative estimate of drug-likeness (QED) is 0.504. The summed E-state index contributed by atoms with van der Waals surface area (Å²) >= 11 is 0. The second-order valence-corrected chi connectivity index (χ2v) is 5.98. The molecule has 0 spiro atoms. The van der Waals surface area contributed by atoms with Crippen LogP contribution in [-0.2, 0) is 0 Å². The molecule has 0 aromatic carbocycles. The Balaban J connectivity index is 2.16. The van der Waals surface area contributed by atoms with Crippen LogP contribution in [-0.4, -0.2) is 29.0 Å². The molecule has 0 aromatic rings. The van der Waals surface area contributed by atoms with Crippen LogP contribution in [0.15, 0.2) is 11.8 Å². The first-order valence-electron chi connectivity index (χ1n) is 6.03. The van der Waals surface area contributed by atoms with E-state index in [9.17, 15) is 5.21 Å². The standard InChI is InChI=1S/C12H22N2O2/c1-11(2)8-6-10(14-16)12(3,7-9(8)11)13-4-5-15/h6,8-9,13-16H,4-5,7H2,1-3H3/p+1/t8-,9+,12+/m1/s1. The SMILES string of the molecule is CC1(C)[C@@H]2C=C(NO)[C@@](C)([NH2+]CCO)C[C@@H]21. The Morgan fingerprint density at radius 1 is 1.50 bits per heavy atom. The van der Waals surface area contributed by atoms with Gasteiger partial charge in [-0.05, 0) is 24.2 Å². The zero-order valence-electron chi connectivity index (χ0n) is 10.3. The third kappa shape index (κ3) is 1.65. The van der Waals surface area contributed by atoms with Crippen LogP contribution in [0.5, 0.6) is 0 Å². The highest BCUT2D eigenvalue weighted by atomic mass is 16.5. The molecule has 0 unspecified atom stereocenters. The van der Waals surface area contributed by atoms with Crippen molar-refractivity contribution in [3.8, 4) is 0 Å². The summed E-state index contributed by atoms with van der Waals surface area (Å²) in [6.07, 6.45) is 3.23. The van der Waals surface area contributed by atoms with E-state index in [0.29, 0.717) is 23.8 Å². The first-order chi connectivity index (χ1) is 7.45. The predicted molar refractivity (Wildman–Crippen MR) is 60.7 cm³/mol. The number of fused-ring (bicyclic) bond motifs is 1. The molecule has 0 amide bonds. The number of nitrogens with one attached hydrogen (secondary N) is 1. The van der Waals surface area contributed by atoms with Crippen molar-refractivity contribution in [3.05, 3.63) is 11.8 Å². The normalized spacial score (nSPS) is 39.9. The van der Waals surface area contributed by atoms with Gasteiger partial charge in [0, 0.05) is 6.42 Å². The van der Waals surface area contributed by atoms with Crippen LogP contribution in [0.1, 0.15) is 27.2 Å². The van der Waals surface area contributed by atoms with Crippen LogP contribution in [0.25, 0.3) is 0 Å². The van der Waals surface area contributed by atoms with Crippen LogP contribution in [0.3, 0.4) is 0 Å². The lowest BCUT2D eigenvalue weighted by atomic mass is 9.85. The largest absolute Gasteiger partial charge is 0.391 e. The highest BCUT2D eigenvalue weighted by molar-refractivity contribution is 5.28. The van der Waals surface area contributed by atoms with Crippen molar-refractivity contribution in [1.29, 1.82) is 0 Å². The molecular formula is C12H23N2O2+. The lowest BCUT2D eigenvalue weighted by molar-refractivity contribution is -0.718. The van der Waals surface area contributed by atoms with Gasteiger partial charge >= 0.3 is 0 Å². The molecule has 4 nitrogen and oxygen atoms in total. The van der Waals surface area contributed by atoms with Crippen LogP contribution in [0.4, 0.5) is 0 Å². The summed E-state index contributed by atoms with van der Waals surface area (Å²) in [4.78, 5) is 0. The van der Waals surface area contributed by atoms with E-state index in [1.807, 2.05) is 0 Å². The molecule has 92 valence electrons. The number of nitrogens with two attached hydrogens (primary N) is 1. The van der Waals surface area contributed by atoms with Gasteiger partial charge in [0.15, 0.2) is 0 Å². The zero-order chi connectivity index (χ0) is 12.0. The van der Waals surface area contributed by atoms with Crippen LogP contribution in [0, 0.1) is 17.3 Å². The molecule has 0 aromatic heterocycles. The van der Waals surface area contributed by atoms with Crippen molar-refractivity contribution in [1.82, 2.24) is 5.48 Å². The van der Waals surface area contributed by atoms with Crippen molar-refractivity contribution in [2.45, 2.75) is 32.7 Å².